The Morgan fingerprint density at radius 1 is 0.643 bits per heavy atom. The summed E-state index contributed by atoms with van der Waals surface area (Å²) in [5.41, 5.74) is 23.0. The van der Waals surface area contributed by atoms with E-state index >= 15 is 0 Å². The molecule has 15 N–H and O–H groups in total. The van der Waals surface area contributed by atoms with Crippen LogP contribution in [-0.2, 0) is 46.4 Å². The fraction of sp³-hybridized carbons (Fsp3) is 0.459. The summed E-state index contributed by atoms with van der Waals surface area (Å²) in [7, 11) is 0. The largest absolute Gasteiger partial charge is 0.480 e. The zero-order chi connectivity index (χ0) is 41.8. The molecule has 6 amide bonds. The molecule has 0 aliphatic heterocycles. The first kappa shape index (κ1) is 46.1. The van der Waals surface area contributed by atoms with Crippen molar-refractivity contribution in [2.24, 2.45) is 33.8 Å². The van der Waals surface area contributed by atoms with Crippen molar-refractivity contribution in [3.63, 3.8) is 0 Å². The molecular weight excluding hydrogens is 728 g/mol. The Kier molecular flexibility index (Phi) is 19.5. The Balaban J connectivity index is 2.42. The summed E-state index contributed by atoms with van der Waals surface area (Å²) in [5, 5.41) is 31.7. The van der Waals surface area contributed by atoms with Gasteiger partial charge in [0, 0.05) is 19.4 Å². The van der Waals surface area contributed by atoms with Crippen LogP contribution in [0.1, 0.15) is 50.7 Å². The SMILES string of the molecule is CC(C)CC(NC(=O)C(Cc1ccccc1)NC(=O)C(Cc1ccccc1)NC(=O)C(N)CO)C(=O)NC(CCCN=C(N)N)C(=O)NC(CC(N)=O)C(=O)O. The predicted octanol–water partition coefficient (Wildman–Crippen LogP) is -2.72. The van der Waals surface area contributed by atoms with Crippen LogP contribution in [0.25, 0.3) is 0 Å². The average Bonchev–Trinajstić information content (AvgIpc) is 3.14. The number of nitrogens with two attached hydrogens (primary N) is 4. The number of hydrogen-bond acceptors (Lipinski definition) is 10. The lowest BCUT2D eigenvalue weighted by atomic mass is 9.99. The maximum absolute atomic E-state index is 14.1. The molecule has 56 heavy (non-hydrogen) atoms. The molecule has 19 heteroatoms. The molecule has 19 nitrogen and oxygen atoms in total. The number of carbonyl (C=O) groups excluding carboxylic acids is 6. The van der Waals surface area contributed by atoms with Crippen molar-refractivity contribution in [3.8, 4) is 0 Å². The van der Waals surface area contributed by atoms with Crippen LogP contribution in [0.5, 0.6) is 0 Å². The van der Waals surface area contributed by atoms with Gasteiger partial charge in [-0.2, -0.15) is 0 Å². The van der Waals surface area contributed by atoms with Gasteiger partial charge in [0.25, 0.3) is 0 Å². The molecule has 0 saturated carbocycles. The topological polar surface area (TPSA) is 337 Å². The van der Waals surface area contributed by atoms with Gasteiger partial charge in [0.15, 0.2) is 5.96 Å². The van der Waals surface area contributed by atoms with E-state index in [2.05, 4.69) is 31.6 Å². The minimum absolute atomic E-state index is 0.0173. The van der Waals surface area contributed by atoms with Gasteiger partial charge < -0.3 is 59.7 Å². The van der Waals surface area contributed by atoms with Crippen molar-refractivity contribution < 1.29 is 43.8 Å². The second-order valence-corrected chi connectivity index (χ2v) is 13.6. The number of benzene rings is 2. The molecular formula is C37H54N10O9. The number of rotatable bonds is 24. The van der Waals surface area contributed by atoms with E-state index in [-0.39, 0.29) is 50.5 Å². The fourth-order valence-electron chi connectivity index (χ4n) is 5.45. The van der Waals surface area contributed by atoms with E-state index in [0.717, 1.165) is 0 Å². The highest BCUT2D eigenvalue weighted by atomic mass is 16.4. The molecule has 0 spiro atoms. The molecule has 6 unspecified atom stereocenters. The number of carboxylic acids is 1. The van der Waals surface area contributed by atoms with Gasteiger partial charge in [0.1, 0.15) is 36.3 Å². The number of guanidine groups is 1. The molecule has 0 heterocycles. The molecule has 0 fully saturated rings. The summed E-state index contributed by atoms with van der Waals surface area (Å²) >= 11 is 0. The molecule has 0 aliphatic rings. The van der Waals surface area contributed by atoms with Gasteiger partial charge in [0.2, 0.25) is 35.4 Å². The van der Waals surface area contributed by atoms with Crippen LogP contribution < -0.4 is 49.5 Å². The summed E-state index contributed by atoms with van der Waals surface area (Å²) in [6.45, 7) is 2.99. The quantitative estimate of drug-likeness (QED) is 0.0294. The highest BCUT2D eigenvalue weighted by Crippen LogP contribution is 2.11. The maximum atomic E-state index is 14.1. The normalized spacial score (nSPS) is 14.1. The third kappa shape index (κ3) is 16.9. The van der Waals surface area contributed by atoms with E-state index < -0.39 is 90.7 Å². The van der Waals surface area contributed by atoms with E-state index in [9.17, 15) is 43.8 Å². The van der Waals surface area contributed by atoms with Gasteiger partial charge in [-0.3, -0.25) is 33.8 Å². The van der Waals surface area contributed by atoms with E-state index in [1.165, 1.54) is 0 Å². The number of amides is 6. The van der Waals surface area contributed by atoms with Gasteiger partial charge in [-0.15, -0.1) is 0 Å². The van der Waals surface area contributed by atoms with Crippen LogP contribution in [0.3, 0.4) is 0 Å². The summed E-state index contributed by atoms with van der Waals surface area (Å²) in [4.78, 5) is 94.9. The first-order chi connectivity index (χ1) is 26.5. The standard InChI is InChI=1S/C37H54N10O9/c1-21(2)16-26(33(52)43-25(14-9-15-42-37(40)41)32(51)47-29(36(55)56)19-30(39)49)45-35(54)28(18-23-12-7-4-8-13-23)46-34(53)27(44-31(50)24(38)20-48)17-22-10-5-3-6-11-22/h3-8,10-13,21,24-29,48H,9,14-20,38H2,1-2H3,(H2,39,49)(H,43,52)(H,44,50)(H,45,54)(H,46,53)(H,47,51)(H,55,56)(H4,40,41,42). The molecule has 0 bridgehead atoms. The van der Waals surface area contributed by atoms with Gasteiger partial charge in [-0.25, -0.2) is 4.79 Å². The van der Waals surface area contributed by atoms with Crippen LogP contribution in [-0.4, -0.2) is 107 Å². The van der Waals surface area contributed by atoms with Gasteiger partial charge in [-0.05, 0) is 36.3 Å². The zero-order valence-corrected chi connectivity index (χ0v) is 31.5. The molecule has 2 aromatic carbocycles. The smallest absolute Gasteiger partial charge is 0.326 e. The van der Waals surface area contributed by atoms with Crippen LogP contribution >= 0.6 is 0 Å². The number of carboxylic acid groups (broad SMARTS) is 1. The van der Waals surface area contributed by atoms with Crippen molar-refractivity contribution in [2.45, 2.75) is 88.6 Å². The van der Waals surface area contributed by atoms with Crippen LogP contribution in [0.2, 0.25) is 0 Å². The highest BCUT2D eigenvalue weighted by Gasteiger charge is 2.33. The summed E-state index contributed by atoms with van der Waals surface area (Å²) in [6.07, 6.45) is -0.537. The molecule has 0 aromatic heterocycles. The van der Waals surface area contributed by atoms with Crippen molar-refractivity contribution >= 4 is 47.4 Å². The van der Waals surface area contributed by atoms with Crippen molar-refractivity contribution in [1.82, 2.24) is 26.6 Å². The average molecular weight is 783 g/mol. The minimum Gasteiger partial charge on any atom is -0.480 e. The highest BCUT2D eigenvalue weighted by molar-refractivity contribution is 5.97. The maximum Gasteiger partial charge on any atom is 0.326 e. The third-order valence-electron chi connectivity index (χ3n) is 8.30. The zero-order valence-electron chi connectivity index (χ0n) is 31.5. The minimum atomic E-state index is -1.68. The second kappa shape index (κ2) is 23.6. The molecule has 306 valence electrons. The number of nitrogens with one attached hydrogen (secondary N) is 5. The van der Waals surface area contributed by atoms with E-state index in [1.807, 2.05) is 0 Å². The number of carbonyl (C=O) groups is 7. The summed E-state index contributed by atoms with van der Waals surface area (Å²) < 4.78 is 0. The van der Waals surface area contributed by atoms with Crippen LogP contribution in [0.15, 0.2) is 65.7 Å². The molecule has 6 atom stereocenters. The lowest BCUT2D eigenvalue weighted by Gasteiger charge is -2.28. The van der Waals surface area contributed by atoms with Crippen molar-refractivity contribution in [1.29, 1.82) is 0 Å². The second-order valence-electron chi connectivity index (χ2n) is 13.6. The third-order valence-corrected chi connectivity index (χ3v) is 8.30. The molecule has 2 aromatic rings. The monoisotopic (exact) mass is 782 g/mol. The van der Waals surface area contributed by atoms with Gasteiger partial charge in [0.05, 0.1) is 13.0 Å². The Hall–Kier alpha value is -6.08. The Bertz CT molecular complexity index is 1660. The first-order valence-electron chi connectivity index (χ1n) is 18.0. The number of primary amides is 1. The Labute approximate surface area is 324 Å². The van der Waals surface area contributed by atoms with E-state index in [0.29, 0.717) is 11.1 Å². The molecule has 2 rings (SSSR count). The Morgan fingerprint density at radius 3 is 1.52 bits per heavy atom. The first-order valence-corrected chi connectivity index (χ1v) is 18.0. The van der Waals surface area contributed by atoms with Crippen molar-refractivity contribution in [3.05, 3.63) is 71.8 Å². The molecule has 0 saturated heterocycles. The molecule has 0 aliphatic carbocycles. The van der Waals surface area contributed by atoms with Crippen molar-refractivity contribution in [2.75, 3.05) is 13.2 Å². The van der Waals surface area contributed by atoms with Gasteiger partial charge >= 0.3 is 5.97 Å². The lowest BCUT2D eigenvalue weighted by Crippen LogP contribution is -2.60. The lowest BCUT2D eigenvalue weighted by molar-refractivity contribution is -0.143. The Morgan fingerprint density at radius 2 is 1.07 bits per heavy atom. The van der Waals surface area contributed by atoms with E-state index in [4.69, 9.17) is 22.9 Å². The van der Waals surface area contributed by atoms with Crippen LogP contribution in [0.4, 0.5) is 0 Å². The number of aliphatic hydroxyl groups excluding tert-OH is 1. The molecule has 0 radical (unpaired) electrons. The fourth-order valence-corrected chi connectivity index (χ4v) is 5.45. The number of aliphatic imine (C=N–C) groups is 1. The predicted molar refractivity (Wildman–Crippen MR) is 206 cm³/mol. The summed E-state index contributed by atoms with van der Waals surface area (Å²) in [5.74, 6) is -6.91. The number of aliphatic hydroxyl groups is 1. The number of nitrogens with zero attached hydrogens (tertiary/aromatic N) is 1. The van der Waals surface area contributed by atoms with Gasteiger partial charge in [-0.1, -0.05) is 74.5 Å². The van der Waals surface area contributed by atoms with E-state index in [1.54, 1.807) is 74.5 Å². The number of hydrogen-bond donors (Lipinski definition) is 11. The summed E-state index contributed by atoms with van der Waals surface area (Å²) in [6, 6.07) is 9.41. The van der Waals surface area contributed by atoms with Crippen LogP contribution in [0, 0.1) is 5.92 Å². The number of aliphatic carboxylic acids is 1.